The molecule has 6 nitrogen and oxygen atoms in total. The molecule has 0 unspecified atom stereocenters. The average Bonchev–Trinajstić information content (AvgIpc) is 3.45. The summed E-state index contributed by atoms with van der Waals surface area (Å²) in [6.07, 6.45) is 8.43. The van der Waals surface area contributed by atoms with Crippen LogP contribution in [0.4, 0.5) is 5.69 Å². The highest BCUT2D eigenvalue weighted by Gasteiger charge is 2.48. The number of hydrogen-bond donors (Lipinski definition) is 0. The molecule has 0 bridgehead atoms. The van der Waals surface area contributed by atoms with Gasteiger partial charge in [0.2, 0.25) is 6.41 Å². The number of benzene rings is 2. The highest BCUT2D eigenvalue weighted by Crippen LogP contribution is 2.52. The topological polar surface area (TPSA) is 60.2 Å². The van der Waals surface area contributed by atoms with Crippen LogP contribution in [0.15, 0.2) is 54.9 Å². The number of carbonyl (C=O) groups is 1. The van der Waals surface area contributed by atoms with Gasteiger partial charge in [-0.15, -0.1) is 4.80 Å². The van der Waals surface area contributed by atoms with Crippen molar-refractivity contribution in [3.05, 3.63) is 60.4 Å². The standard InChI is InChI=1S/C22H22N4O2/c1-22(16-7-8-16)12-11-18-19(25(22)15-27)9-10-20(26-23-13-14-24-26)21(18)28-17-5-3-2-4-6-17/h2-6,9-10,13-16H,7-8,11-12H2,1H3/t22-/m0/s1. The van der Waals surface area contributed by atoms with Gasteiger partial charge in [0, 0.05) is 11.1 Å². The van der Waals surface area contributed by atoms with E-state index in [1.54, 1.807) is 17.2 Å². The third-order valence-corrected chi connectivity index (χ3v) is 6.07. The average molecular weight is 374 g/mol. The number of amides is 1. The van der Waals surface area contributed by atoms with Gasteiger partial charge in [-0.05, 0) is 62.8 Å². The van der Waals surface area contributed by atoms with Crippen molar-refractivity contribution < 1.29 is 9.53 Å². The zero-order valence-corrected chi connectivity index (χ0v) is 15.8. The summed E-state index contributed by atoms with van der Waals surface area (Å²) in [7, 11) is 0. The Kier molecular flexibility index (Phi) is 3.93. The Morgan fingerprint density at radius 3 is 2.46 bits per heavy atom. The minimum Gasteiger partial charge on any atom is -0.455 e. The van der Waals surface area contributed by atoms with E-state index in [1.807, 2.05) is 47.4 Å². The van der Waals surface area contributed by atoms with E-state index < -0.39 is 0 Å². The molecule has 2 aromatic carbocycles. The van der Waals surface area contributed by atoms with E-state index in [9.17, 15) is 4.79 Å². The summed E-state index contributed by atoms with van der Waals surface area (Å²) in [5.41, 5.74) is 2.61. The number of ether oxygens (including phenoxy) is 1. The quantitative estimate of drug-likeness (QED) is 0.630. The normalized spacial score (nSPS) is 21.2. The van der Waals surface area contributed by atoms with Crippen LogP contribution in [-0.4, -0.2) is 26.9 Å². The lowest BCUT2D eigenvalue weighted by atomic mass is 9.81. The minimum atomic E-state index is -0.121. The van der Waals surface area contributed by atoms with E-state index in [0.717, 1.165) is 41.9 Å². The number of carbonyl (C=O) groups excluding carboxylic acids is 1. The second kappa shape index (κ2) is 6.48. The largest absolute Gasteiger partial charge is 0.455 e. The lowest BCUT2D eigenvalue weighted by Gasteiger charge is -2.44. The molecule has 142 valence electrons. The van der Waals surface area contributed by atoms with Crippen LogP contribution in [0.5, 0.6) is 11.5 Å². The first-order valence-corrected chi connectivity index (χ1v) is 9.71. The summed E-state index contributed by atoms with van der Waals surface area (Å²) in [4.78, 5) is 15.6. The predicted octanol–water partition coefficient (Wildman–Crippen LogP) is 4.14. The maximum atomic E-state index is 12.1. The maximum Gasteiger partial charge on any atom is 0.214 e. The van der Waals surface area contributed by atoms with Crippen LogP contribution < -0.4 is 9.64 Å². The summed E-state index contributed by atoms with van der Waals surface area (Å²) in [6.45, 7) is 2.21. The molecule has 1 aromatic heterocycles. The fourth-order valence-electron chi connectivity index (χ4n) is 4.35. The van der Waals surface area contributed by atoms with E-state index in [4.69, 9.17) is 4.74 Å². The second-order valence-corrected chi connectivity index (χ2v) is 7.75. The molecule has 1 atom stereocenters. The number of para-hydroxylation sites is 1. The van der Waals surface area contributed by atoms with Gasteiger partial charge in [-0.3, -0.25) is 4.79 Å². The maximum absolute atomic E-state index is 12.1. The first kappa shape index (κ1) is 17.0. The summed E-state index contributed by atoms with van der Waals surface area (Å²) < 4.78 is 6.33. The van der Waals surface area contributed by atoms with Gasteiger partial charge in [-0.2, -0.15) is 10.2 Å². The van der Waals surface area contributed by atoms with E-state index in [2.05, 4.69) is 17.1 Å². The molecule has 6 heteroatoms. The van der Waals surface area contributed by atoms with Crippen LogP contribution in [-0.2, 0) is 11.2 Å². The van der Waals surface area contributed by atoms with Gasteiger partial charge < -0.3 is 9.64 Å². The van der Waals surface area contributed by atoms with Crippen molar-refractivity contribution in [3.63, 3.8) is 0 Å². The molecule has 1 aliphatic carbocycles. The summed E-state index contributed by atoms with van der Waals surface area (Å²) in [5.74, 6) is 2.04. The first-order valence-electron chi connectivity index (χ1n) is 9.71. The number of aromatic nitrogens is 3. The zero-order chi connectivity index (χ0) is 19.1. The SMILES string of the molecule is C[C@@]1(C2CC2)CCc2c(ccc(-n3nccn3)c2Oc2ccccc2)N1C=O. The highest BCUT2D eigenvalue weighted by atomic mass is 16.5. The van der Waals surface area contributed by atoms with Gasteiger partial charge in [-0.25, -0.2) is 0 Å². The predicted molar refractivity (Wildman–Crippen MR) is 106 cm³/mol. The third-order valence-electron chi connectivity index (χ3n) is 6.07. The van der Waals surface area contributed by atoms with Gasteiger partial charge in [0.1, 0.15) is 11.4 Å². The molecule has 5 rings (SSSR count). The fourth-order valence-corrected chi connectivity index (χ4v) is 4.35. The molecule has 0 N–H and O–H groups in total. The molecule has 0 radical (unpaired) electrons. The number of fused-ring (bicyclic) bond motifs is 1. The van der Waals surface area contributed by atoms with E-state index in [1.165, 1.54) is 12.8 Å². The minimum absolute atomic E-state index is 0.121. The van der Waals surface area contributed by atoms with Crippen molar-refractivity contribution in [1.82, 2.24) is 15.0 Å². The smallest absolute Gasteiger partial charge is 0.214 e. The number of nitrogens with zero attached hydrogens (tertiary/aromatic N) is 4. The number of anilines is 1. The molecular formula is C22H22N4O2. The van der Waals surface area contributed by atoms with Crippen LogP contribution in [0, 0.1) is 5.92 Å². The Balaban J connectivity index is 1.66. The molecular weight excluding hydrogens is 352 g/mol. The summed E-state index contributed by atoms with van der Waals surface area (Å²) >= 11 is 0. The van der Waals surface area contributed by atoms with Crippen LogP contribution in [0.2, 0.25) is 0 Å². The zero-order valence-electron chi connectivity index (χ0n) is 15.8. The van der Waals surface area contributed by atoms with Crippen LogP contribution in [0.25, 0.3) is 5.69 Å². The van der Waals surface area contributed by atoms with Gasteiger partial charge in [-0.1, -0.05) is 18.2 Å². The summed E-state index contributed by atoms with van der Waals surface area (Å²) in [5, 5.41) is 8.57. The highest BCUT2D eigenvalue weighted by molar-refractivity contribution is 5.83. The van der Waals surface area contributed by atoms with Crippen molar-refractivity contribution in [3.8, 4) is 17.2 Å². The molecule has 0 spiro atoms. The van der Waals surface area contributed by atoms with Gasteiger partial charge in [0.05, 0.1) is 18.1 Å². The molecule has 0 saturated heterocycles. The van der Waals surface area contributed by atoms with Gasteiger partial charge >= 0.3 is 0 Å². The number of hydrogen-bond acceptors (Lipinski definition) is 4. The Hall–Kier alpha value is -3.15. The van der Waals surface area contributed by atoms with Gasteiger partial charge in [0.25, 0.3) is 0 Å². The Morgan fingerprint density at radius 1 is 1.07 bits per heavy atom. The lowest BCUT2D eigenvalue weighted by molar-refractivity contribution is -0.108. The van der Waals surface area contributed by atoms with Crippen molar-refractivity contribution in [2.45, 2.75) is 38.1 Å². The Morgan fingerprint density at radius 2 is 1.79 bits per heavy atom. The third kappa shape index (κ3) is 2.68. The van der Waals surface area contributed by atoms with Crippen molar-refractivity contribution in [1.29, 1.82) is 0 Å². The second-order valence-electron chi connectivity index (χ2n) is 7.75. The molecule has 1 aliphatic heterocycles. The van der Waals surface area contributed by atoms with Crippen molar-refractivity contribution in [2.75, 3.05) is 4.90 Å². The van der Waals surface area contributed by atoms with E-state index >= 15 is 0 Å². The summed E-state index contributed by atoms with van der Waals surface area (Å²) in [6, 6.07) is 13.6. The van der Waals surface area contributed by atoms with E-state index in [0.29, 0.717) is 11.7 Å². The van der Waals surface area contributed by atoms with Crippen LogP contribution in [0.1, 0.15) is 31.7 Å². The fraction of sp³-hybridized carbons (Fsp3) is 0.318. The molecule has 28 heavy (non-hydrogen) atoms. The number of rotatable bonds is 5. The molecule has 1 saturated carbocycles. The molecule has 2 aliphatic rings. The Labute approximate surface area is 163 Å². The van der Waals surface area contributed by atoms with Crippen molar-refractivity contribution >= 4 is 12.1 Å². The Bertz CT molecular complexity index is 999. The first-order chi connectivity index (χ1) is 13.7. The molecule has 3 aromatic rings. The van der Waals surface area contributed by atoms with E-state index in [-0.39, 0.29) is 5.54 Å². The molecule has 1 amide bonds. The van der Waals surface area contributed by atoms with Crippen LogP contribution in [0.3, 0.4) is 0 Å². The molecule has 2 heterocycles. The van der Waals surface area contributed by atoms with Gasteiger partial charge in [0.15, 0.2) is 5.75 Å². The van der Waals surface area contributed by atoms with Crippen molar-refractivity contribution in [2.24, 2.45) is 5.92 Å². The lowest BCUT2D eigenvalue weighted by Crippen LogP contribution is -2.51. The molecule has 1 fully saturated rings. The van der Waals surface area contributed by atoms with Crippen LogP contribution >= 0.6 is 0 Å². The monoisotopic (exact) mass is 374 g/mol.